The van der Waals surface area contributed by atoms with Crippen LogP contribution in [0.25, 0.3) is 11.1 Å². The van der Waals surface area contributed by atoms with E-state index in [2.05, 4.69) is 5.32 Å². The smallest absolute Gasteiger partial charge is 0.262 e. The van der Waals surface area contributed by atoms with E-state index in [0.29, 0.717) is 21.5 Å². The van der Waals surface area contributed by atoms with Crippen LogP contribution in [0.5, 0.6) is 5.75 Å². The molecule has 0 aliphatic heterocycles. The van der Waals surface area contributed by atoms with Gasteiger partial charge in [0.05, 0.1) is 15.7 Å². The van der Waals surface area contributed by atoms with Crippen molar-refractivity contribution in [3.8, 4) is 16.9 Å². The van der Waals surface area contributed by atoms with Crippen LogP contribution in [0.4, 0.5) is 5.69 Å². The summed E-state index contributed by atoms with van der Waals surface area (Å²) in [6.45, 7) is -0.132. The number of para-hydroxylation sites is 1. The summed E-state index contributed by atoms with van der Waals surface area (Å²) in [5.41, 5.74) is 2.41. The highest BCUT2D eigenvalue weighted by Crippen LogP contribution is 2.31. The average Bonchev–Trinajstić information content (AvgIpc) is 2.65. The van der Waals surface area contributed by atoms with Gasteiger partial charge in [0, 0.05) is 5.56 Å². The molecule has 0 bridgehead atoms. The van der Waals surface area contributed by atoms with E-state index >= 15 is 0 Å². The van der Waals surface area contributed by atoms with Crippen molar-refractivity contribution in [2.45, 2.75) is 0 Å². The molecule has 3 rings (SSSR count). The second-order valence-electron chi connectivity index (χ2n) is 5.30. The van der Waals surface area contributed by atoms with E-state index in [0.717, 1.165) is 11.1 Å². The molecule has 1 amide bonds. The van der Waals surface area contributed by atoms with Crippen molar-refractivity contribution < 1.29 is 9.53 Å². The lowest BCUT2D eigenvalue weighted by atomic mass is 10.1. The number of nitrogens with one attached hydrogen (secondary N) is 1. The minimum Gasteiger partial charge on any atom is -0.483 e. The first kappa shape index (κ1) is 17.3. The molecule has 25 heavy (non-hydrogen) atoms. The predicted octanol–water partition coefficient (Wildman–Crippen LogP) is 5.68. The van der Waals surface area contributed by atoms with Gasteiger partial charge in [-0.25, -0.2) is 0 Å². The van der Waals surface area contributed by atoms with Crippen LogP contribution in [0.1, 0.15) is 0 Å². The molecule has 1 N–H and O–H groups in total. The monoisotopic (exact) mass is 371 g/mol. The third-order valence-corrected chi connectivity index (χ3v) is 4.38. The van der Waals surface area contributed by atoms with Gasteiger partial charge in [-0.05, 0) is 23.8 Å². The number of ether oxygens (including phenoxy) is 1. The van der Waals surface area contributed by atoms with Crippen LogP contribution < -0.4 is 10.1 Å². The molecular formula is C20H15Cl2NO2. The van der Waals surface area contributed by atoms with Crippen LogP contribution in [-0.4, -0.2) is 12.5 Å². The summed E-state index contributed by atoms with van der Waals surface area (Å²) in [4.78, 5) is 12.2. The second kappa shape index (κ2) is 8.06. The Kier molecular flexibility index (Phi) is 5.59. The lowest BCUT2D eigenvalue weighted by Crippen LogP contribution is -2.20. The molecule has 3 aromatic carbocycles. The number of hydrogen-bond acceptors (Lipinski definition) is 2. The Morgan fingerprint density at radius 3 is 2.40 bits per heavy atom. The van der Waals surface area contributed by atoms with Crippen molar-refractivity contribution >= 4 is 34.8 Å². The molecule has 0 radical (unpaired) electrons. The fourth-order valence-corrected chi connectivity index (χ4v) is 2.73. The largest absolute Gasteiger partial charge is 0.483 e. The second-order valence-corrected chi connectivity index (χ2v) is 6.09. The third kappa shape index (κ3) is 4.32. The van der Waals surface area contributed by atoms with Crippen LogP contribution in [0, 0.1) is 0 Å². The van der Waals surface area contributed by atoms with Gasteiger partial charge in [0.1, 0.15) is 5.75 Å². The maximum Gasteiger partial charge on any atom is 0.262 e. The van der Waals surface area contributed by atoms with Gasteiger partial charge in [-0.2, -0.15) is 0 Å². The number of anilines is 1. The first-order valence-corrected chi connectivity index (χ1v) is 8.42. The fraction of sp³-hybridized carbons (Fsp3) is 0.0500. The number of rotatable bonds is 5. The lowest BCUT2D eigenvalue weighted by molar-refractivity contribution is -0.118. The molecule has 0 atom stereocenters. The molecule has 0 heterocycles. The fourth-order valence-electron chi connectivity index (χ4n) is 2.38. The molecule has 0 fully saturated rings. The van der Waals surface area contributed by atoms with Crippen molar-refractivity contribution in [3.05, 3.63) is 82.8 Å². The van der Waals surface area contributed by atoms with Crippen LogP contribution in [-0.2, 0) is 4.79 Å². The Balaban J connectivity index is 1.70. The lowest BCUT2D eigenvalue weighted by Gasteiger charge is -2.12. The van der Waals surface area contributed by atoms with E-state index in [1.165, 1.54) is 0 Å². The van der Waals surface area contributed by atoms with E-state index in [-0.39, 0.29) is 12.5 Å². The quantitative estimate of drug-likeness (QED) is 0.626. The summed E-state index contributed by atoms with van der Waals surface area (Å²) in [7, 11) is 0. The molecule has 0 unspecified atom stereocenters. The topological polar surface area (TPSA) is 38.3 Å². The first-order valence-electron chi connectivity index (χ1n) is 7.66. The number of carbonyl (C=O) groups is 1. The van der Waals surface area contributed by atoms with Crippen LogP contribution in [0.15, 0.2) is 72.8 Å². The molecule has 5 heteroatoms. The zero-order valence-electron chi connectivity index (χ0n) is 13.2. The predicted molar refractivity (Wildman–Crippen MR) is 102 cm³/mol. The summed E-state index contributed by atoms with van der Waals surface area (Å²) in [5, 5.41) is 3.39. The summed E-state index contributed by atoms with van der Waals surface area (Å²) >= 11 is 12.0. The molecule has 0 aliphatic rings. The van der Waals surface area contributed by atoms with Crippen molar-refractivity contribution in [1.82, 2.24) is 0 Å². The number of halogens is 2. The van der Waals surface area contributed by atoms with Gasteiger partial charge < -0.3 is 10.1 Å². The molecule has 3 aromatic rings. The number of hydrogen-bond donors (Lipinski definition) is 1. The van der Waals surface area contributed by atoms with Crippen LogP contribution >= 0.6 is 23.2 Å². The number of benzene rings is 3. The summed E-state index contributed by atoms with van der Waals surface area (Å²) in [6.07, 6.45) is 0. The van der Waals surface area contributed by atoms with Crippen LogP contribution in [0.2, 0.25) is 10.0 Å². The molecule has 126 valence electrons. The standard InChI is InChI=1S/C20H15Cl2NO2/c21-16-10-6-11-17(20(16)22)23-19(24)13-25-18-12-5-4-9-15(18)14-7-2-1-3-8-14/h1-12H,13H2,(H,23,24). The van der Waals surface area contributed by atoms with E-state index < -0.39 is 0 Å². The van der Waals surface area contributed by atoms with Gasteiger partial charge in [-0.3, -0.25) is 4.79 Å². The highest BCUT2D eigenvalue weighted by Gasteiger charge is 2.11. The maximum atomic E-state index is 12.2. The van der Waals surface area contributed by atoms with Gasteiger partial charge in [0.15, 0.2) is 6.61 Å². The first-order chi connectivity index (χ1) is 12.1. The van der Waals surface area contributed by atoms with E-state index in [4.69, 9.17) is 27.9 Å². The van der Waals surface area contributed by atoms with Crippen molar-refractivity contribution in [2.24, 2.45) is 0 Å². The summed E-state index contributed by atoms with van der Waals surface area (Å²) < 4.78 is 5.71. The van der Waals surface area contributed by atoms with Gasteiger partial charge >= 0.3 is 0 Å². The summed E-state index contributed by atoms with van der Waals surface area (Å²) in [5.74, 6) is 0.327. The number of amides is 1. The highest BCUT2D eigenvalue weighted by molar-refractivity contribution is 6.44. The SMILES string of the molecule is O=C(COc1ccccc1-c1ccccc1)Nc1cccc(Cl)c1Cl. The number of carbonyl (C=O) groups excluding carboxylic acids is 1. The minimum atomic E-state index is -0.313. The van der Waals surface area contributed by atoms with Gasteiger partial charge in [-0.1, -0.05) is 77.8 Å². The van der Waals surface area contributed by atoms with E-state index in [1.54, 1.807) is 18.2 Å². The Morgan fingerprint density at radius 2 is 1.60 bits per heavy atom. The molecule has 0 aliphatic carbocycles. The van der Waals surface area contributed by atoms with E-state index in [1.807, 2.05) is 54.6 Å². The minimum absolute atomic E-state index is 0.132. The van der Waals surface area contributed by atoms with Crippen molar-refractivity contribution in [3.63, 3.8) is 0 Å². The summed E-state index contributed by atoms with van der Waals surface area (Å²) in [6, 6.07) is 22.5. The molecule has 0 saturated carbocycles. The van der Waals surface area contributed by atoms with Crippen molar-refractivity contribution in [2.75, 3.05) is 11.9 Å². The third-order valence-electron chi connectivity index (χ3n) is 3.56. The highest BCUT2D eigenvalue weighted by atomic mass is 35.5. The van der Waals surface area contributed by atoms with Gasteiger partial charge in [0.2, 0.25) is 0 Å². The molecule has 0 saturated heterocycles. The van der Waals surface area contributed by atoms with Crippen molar-refractivity contribution in [1.29, 1.82) is 0 Å². The zero-order valence-corrected chi connectivity index (χ0v) is 14.7. The normalized spacial score (nSPS) is 10.3. The zero-order chi connectivity index (χ0) is 17.6. The Hall–Kier alpha value is -2.49. The Bertz CT molecular complexity index is 882. The molecule has 3 nitrogen and oxygen atoms in total. The van der Waals surface area contributed by atoms with Crippen LogP contribution in [0.3, 0.4) is 0 Å². The van der Waals surface area contributed by atoms with Gasteiger partial charge in [-0.15, -0.1) is 0 Å². The molecule has 0 spiro atoms. The van der Waals surface area contributed by atoms with E-state index in [9.17, 15) is 4.79 Å². The Labute approximate surface area is 156 Å². The van der Waals surface area contributed by atoms with Gasteiger partial charge in [0.25, 0.3) is 5.91 Å². The average molecular weight is 372 g/mol. The molecular weight excluding hydrogens is 357 g/mol. The maximum absolute atomic E-state index is 12.2. The molecule has 0 aromatic heterocycles. The Morgan fingerprint density at radius 1 is 0.880 bits per heavy atom.